The maximum Gasteiger partial charge on any atom is 0.0146 e. The number of aryl methyl sites for hydroxylation is 2. The van der Waals surface area contributed by atoms with E-state index in [1.165, 1.54) is 24.8 Å². The fourth-order valence-electron chi connectivity index (χ4n) is 2.84. The molecule has 0 bridgehead atoms. The van der Waals surface area contributed by atoms with Crippen LogP contribution in [0.1, 0.15) is 29.5 Å². The largest absolute Gasteiger partial charge is 0.327 e. The molecule has 13 heavy (non-hydrogen) atoms. The first-order valence-electron chi connectivity index (χ1n) is 5.08. The van der Waals surface area contributed by atoms with Crippen LogP contribution in [-0.4, -0.2) is 6.04 Å². The van der Waals surface area contributed by atoms with Crippen LogP contribution in [0.4, 0.5) is 0 Å². The molecule has 0 heterocycles. The number of benzene rings is 1. The smallest absolute Gasteiger partial charge is 0.0146 e. The standard InChI is InChI=1S/C12H15N/c1-8-2-3-10-9(6-8)4-5-12(10)7-11(12)13/h2-3,6,11H,4-5,7,13H2,1H3. The van der Waals surface area contributed by atoms with Gasteiger partial charge in [0.1, 0.15) is 0 Å². The van der Waals surface area contributed by atoms with Crippen molar-refractivity contribution in [2.24, 2.45) is 5.73 Å². The molecule has 1 spiro atoms. The summed E-state index contributed by atoms with van der Waals surface area (Å²) in [5.74, 6) is 0. The normalized spacial score (nSPS) is 35.1. The lowest BCUT2D eigenvalue weighted by atomic mass is 9.97. The zero-order chi connectivity index (χ0) is 9.05. The lowest BCUT2D eigenvalue weighted by Gasteiger charge is -2.09. The molecule has 2 N–H and O–H groups in total. The van der Waals surface area contributed by atoms with Crippen LogP contribution in [-0.2, 0) is 11.8 Å². The summed E-state index contributed by atoms with van der Waals surface area (Å²) in [6, 6.07) is 7.29. The molecule has 1 nitrogen and oxygen atoms in total. The van der Waals surface area contributed by atoms with Crippen LogP contribution in [0.15, 0.2) is 18.2 Å². The average Bonchev–Trinajstić information content (AvgIpc) is 2.59. The van der Waals surface area contributed by atoms with Crippen LogP contribution in [0.2, 0.25) is 0 Å². The van der Waals surface area contributed by atoms with Crippen molar-refractivity contribution < 1.29 is 0 Å². The van der Waals surface area contributed by atoms with E-state index < -0.39 is 0 Å². The number of nitrogens with two attached hydrogens (primary N) is 1. The van der Waals surface area contributed by atoms with Crippen LogP contribution in [0.3, 0.4) is 0 Å². The second-order valence-electron chi connectivity index (χ2n) is 4.63. The minimum atomic E-state index is 0.406. The van der Waals surface area contributed by atoms with Gasteiger partial charge in [0.25, 0.3) is 0 Å². The van der Waals surface area contributed by atoms with Gasteiger partial charge in [-0.05, 0) is 37.3 Å². The summed E-state index contributed by atoms with van der Waals surface area (Å²) in [6.07, 6.45) is 3.74. The van der Waals surface area contributed by atoms with Crippen LogP contribution < -0.4 is 5.73 Å². The SMILES string of the molecule is Cc1ccc2c(c1)CCC21CC1N. The van der Waals surface area contributed by atoms with E-state index in [0.29, 0.717) is 11.5 Å². The molecule has 3 rings (SSSR count). The third kappa shape index (κ3) is 0.856. The Hall–Kier alpha value is -0.820. The monoisotopic (exact) mass is 173 g/mol. The van der Waals surface area contributed by atoms with Gasteiger partial charge in [-0.1, -0.05) is 23.8 Å². The van der Waals surface area contributed by atoms with E-state index in [-0.39, 0.29) is 0 Å². The molecule has 1 aromatic rings. The first kappa shape index (κ1) is 7.57. The number of hydrogen-bond acceptors (Lipinski definition) is 1. The van der Waals surface area contributed by atoms with Gasteiger partial charge in [-0.25, -0.2) is 0 Å². The van der Waals surface area contributed by atoms with Gasteiger partial charge < -0.3 is 5.73 Å². The maximum atomic E-state index is 6.02. The van der Waals surface area contributed by atoms with Gasteiger partial charge in [-0.3, -0.25) is 0 Å². The van der Waals surface area contributed by atoms with Crippen LogP contribution in [0.5, 0.6) is 0 Å². The number of rotatable bonds is 0. The second kappa shape index (κ2) is 2.16. The molecule has 68 valence electrons. The summed E-state index contributed by atoms with van der Waals surface area (Å²) >= 11 is 0. The Labute approximate surface area is 78.9 Å². The van der Waals surface area contributed by atoms with Gasteiger partial charge in [-0.15, -0.1) is 0 Å². The summed E-state index contributed by atoms with van der Waals surface area (Å²) < 4.78 is 0. The van der Waals surface area contributed by atoms with E-state index in [4.69, 9.17) is 5.73 Å². The van der Waals surface area contributed by atoms with E-state index in [9.17, 15) is 0 Å². The summed E-state index contributed by atoms with van der Waals surface area (Å²) in [5.41, 5.74) is 10.9. The van der Waals surface area contributed by atoms with Crippen LogP contribution in [0.25, 0.3) is 0 Å². The van der Waals surface area contributed by atoms with Gasteiger partial charge in [0.05, 0.1) is 0 Å². The lowest BCUT2D eigenvalue weighted by molar-refractivity contribution is 0.651. The highest BCUT2D eigenvalue weighted by atomic mass is 14.8. The van der Waals surface area contributed by atoms with Gasteiger partial charge in [0, 0.05) is 11.5 Å². The van der Waals surface area contributed by atoms with E-state index in [1.807, 2.05) is 0 Å². The molecule has 1 heteroatoms. The molecule has 1 saturated carbocycles. The molecule has 0 saturated heterocycles. The zero-order valence-electron chi connectivity index (χ0n) is 8.01. The summed E-state index contributed by atoms with van der Waals surface area (Å²) in [5, 5.41) is 0. The second-order valence-corrected chi connectivity index (χ2v) is 4.63. The average molecular weight is 173 g/mol. The lowest BCUT2D eigenvalue weighted by Crippen LogP contribution is -2.15. The van der Waals surface area contributed by atoms with Crippen molar-refractivity contribution >= 4 is 0 Å². The van der Waals surface area contributed by atoms with Crippen molar-refractivity contribution in [1.82, 2.24) is 0 Å². The van der Waals surface area contributed by atoms with Crippen molar-refractivity contribution in [3.8, 4) is 0 Å². The predicted octanol–water partition coefficient (Wildman–Crippen LogP) is 1.91. The maximum absolute atomic E-state index is 6.02. The highest BCUT2D eigenvalue weighted by Crippen LogP contribution is 2.55. The van der Waals surface area contributed by atoms with Gasteiger partial charge in [0.15, 0.2) is 0 Å². The van der Waals surface area contributed by atoms with E-state index in [0.717, 1.165) is 0 Å². The molecule has 1 aromatic carbocycles. The molecule has 0 amide bonds. The quantitative estimate of drug-likeness (QED) is 0.637. The molecule has 2 aliphatic carbocycles. The van der Waals surface area contributed by atoms with Crippen molar-refractivity contribution in [1.29, 1.82) is 0 Å². The molecular formula is C12H15N. The van der Waals surface area contributed by atoms with Crippen molar-refractivity contribution in [2.75, 3.05) is 0 Å². The van der Waals surface area contributed by atoms with Gasteiger partial charge >= 0.3 is 0 Å². The van der Waals surface area contributed by atoms with Crippen molar-refractivity contribution in [3.05, 3.63) is 34.9 Å². The Bertz CT molecular complexity index is 369. The minimum absolute atomic E-state index is 0.406. The molecule has 0 aromatic heterocycles. The summed E-state index contributed by atoms with van der Waals surface area (Å²) in [6.45, 7) is 2.16. The zero-order valence-corrected chi connectivity index (χ0v) is 8.01. The first-order valence-corrected chi connectivity index (χ1v) is 5.08. The van der Waals surface area contributed by atoms with E-state index in [1.54, 1.807) is 11.1 Å². The van der Waals surface area contributed by atoms with Crippen LogP contribution in [0, 0.1) is 6.92 Å². The highest BCUT2D eigenvalue weighted by molar-refractivity contribution is 5.47. The topological polar surface area (TPSA) is 26.0 Å². The molecule has 1 fully saturated rings. The molecule has 2 unspecified atom stereocenters. The van der Waals surface area contributed by atoms with E-state index in [2.05, 4.69) is 25.1 Å². The molecule has 0 aliphatic heterocycles. The predicted molar refractivity (Wildman–Crippen MR) is 53.8 cm³/mol. The van der Waals surface area contributed by atoms with Gasteiger partial charge in [0.2, 0.25) is 0 Å². The van der Waals surface area contributed by atoms with Gasteiger partial charge in [-0.2, -0.15) is 0 Å². The molecule has 2 aliphatic rings. The summed E-state index contributed by atoms with van der Waals surface area (Å²) in [4.78, 5) is 0. The Kier molecular flexibility index (Phi) is 1.26. The highest BCUT2D eigenvalue weighted by Gasteiger charge is 2.55. The fraction of sp³-hybridized carbons (Fsp3) is 0.500. The Morgan fingerprint density at radius 3 is 2.92 bits per heavy atom. The van der Waals surface area contributed by atoms with Crippen molar-refractivity contribution in [3.63, 3.8) is 0 Å². The molecular weight excluding hydrogens is 158 g/mol. The minimum Gasteiger partial charge on any atom is -0.327 e. The number of hydrogen-bond donors (Lipinski definition) is 1. The Morgan fingerprint density at radius 2 is 2.23 bits per heavy atom. The number of fused-ring (bicyclic) bond motifs is 2. The molecule has 0 radical (unpaired) electrons. The fourth-order valence-corrected chi connectivity index (χ4v) is 2.84. The first-order chi connectivity index (χ1) is 6.22. The van der Waals surface area contributed by atoms with Crippen LogP contribution >= 0.6 is 0 Å². The third-order valence-corrected chi connectivity index (χ3v) is 3.77. The Morgan fingerprint density at radius 1 is 1.46 bits per heavy atom. The summed E-state index contributed by atoms with van der Waals surface area (Å²) in [7, 11) is 0. The molecule has 2 atom stereocenters. The third-order valence-electron chi connectivity index (χ3n) is 3.77. The van der Waals surface area contributed by atoms with E-state index >= 15 is 0 Å². The van der Waals surface area contributed by atoms with Crippen molar-refractivity contribution in [2.45, 2.75) is 37.6 Å². The Balaban J connectivity index is 2.13.